The fourth-order valence-corrected chi connectivity index (χ4v) is 7.16. The molecule has 3 saturated carbocycles. The van der Waals surface area contributed by atoms with Crippen molar-refractivity contribution in [1.82, 2.24) is 0 Å². The molecule has 25 heavy (non-hydrogen) atoms. The third-order valence-electron chi connectivity index (χ3n) is 8.66. The van der Waals surface area contributed by atoms with Gasteiger partial charge in [-0.1, -0.05) is 26.0 Å². The number of Topliss-reactive ketones (excluding diaryl/α,β-unsaturated/α-hetero) is 1. The van der Waals surface area contributed by atoms with Crippen LogP contribution in [0.4, 0.5) is 0 Å². The molecular weight excluding hydrogens is 312 g/mol. The molecule has 0 aromatic heterocycles. The molecule has 0 unspecified atom stereocenters. The lowest BCUT2D eigenvalue weighted by molar-refractivity contribution is -0.159. The molecule has 0 amide bonds. The first-order valence-corrected chi connectivity index (χ1v) is 9.80. The van der Waals surface area contributed by atoms with Crippen LogP contribution in [0.3, 0.4) is 0 Å². The van der Waals surface area contributed by atoms with Gasteiger partial charge in [0, 0.05) is 11.8 Å². The largest absolute Gasteiger partial charge is 0.382 e. The van der Waals surface area contributed by atoms with Crippen molar-refractivity contribution in [2.24, 2.45) is 28.6 Å². The molecule has 4 aliphatic rings. The summed E-state index contributed by atoms with van der Waals surface area (Å²) in [5, 5.41) is 11.2. The lowest BCUT2D eigenvalue weighted by Gasteiger charge is -2.59. The van der Waals surface area contributed by atoms with Gasteiger partial charge in [-0.2, -0.15) is 0 Å². The number of fused-ring (bicyclic) bond motifs is 5. The van der Waals surface area contributed by atoms with Crippen molar-refractivity contribution < 1.29 is 14.7 Å². The lowest BCUT2D eigenvalue weighted by Crippen LogP contribution is -2.57. The average Bonchev–Trinajstić information content (AvgIpc) is 2.83. The van der Waals surface area contributed by atoms with Gasteiger partial charge in [0.15, 0.2) is 11.6 Å². The second kappa shape index (κ2) is 5.16. The van der Waals surface area contributed by atoms with Gasteiger partial charge in [0.1, 0.15) is 5.60 Å². The molecule has 4 aliphatic carbocycles. The van der Waals surface area contributed by atoms with E-state index in [-0.39, 0.29) is 22.4 Å². The second-order valence-electron chi connectivity index (χ2n) is 9.54. The summed E-state index contributed by atoms with van der Waals surface area (Å²) < 4.78 is 0. The van der Waals surface area contributed by atoms with E-state index in [1.54, 1.807) is 6.92 Å². The zero-order valence-electron chi connectivity index (χ0n) is 15.7. The van der Waals surface area contributed by atoms with Crippen molar-refractivity contribution in [3.63, 3.8) is 0 Å². The van der Waals surface area contributed by atoms with Gasteiger partial charge in [-0.05, 0) is 80.3 Å². The molecule has 3 nitrogen and oxygen atoms in total. The Labute approximate surface area is 150 Å². The number of carbonyl (C=O) groups excluding carboxylic acids is 2. The predicted molar refractivity (Wildman–Crippen MR) is 96.9 cm³/mol. The minimum absolute atomic E-state index is 0.0339. The fourth-order valence-electron chi connectivity index (χ4n) is 7.16. The fraction of sp³-hybridized carbons (Fsp3) is 0.727. The molecule has 0 aliphatic heterocycles. The Morgan fingerprint density at radius 2 is 1.88 bits per heavy atom. The van der Waals surface area contributed by atoms with Gasteiger partial charge in [-0.3, -0.25) is 9.59 Å². The van der Waals surface area contributed by atoms with Gasteiger partial charge in [0.25, 0.3) is 0 Å². The summed E-state index contributed by atoms with van der Waals surface area (Å²) in [6.07, 6.45) is 7.77. The summed E-state index contributed by atoms with van der Waals surface area (Å²) >= 11 is 0. The number of ketones is 2. The van der Waals surface area contributed by atoms with E-state index < -0.39 is 5.60 Å². The number of aliphatic hydroxyl groups is 1. The SMILES string of the molecule is C=C1C[C@@H]2[C@H]3CC[C@@](O)(C(C)=O)[C@@]3(C)CC[C@H]2[C@]2(C)CCC(=O)C=C12. The number of carbonyl (C=O) groups is 2. The van der Waals surface area contributed by atoms with Crippen LogP contribution in [0.25, 0.3) is 0 Å². The Morgan fingerprint density at radius 3 is 2.56 bits per heavy atom. The lowest BCUT2D eigenvalue weighted by atomic mass is 9.45. The van der Waals surface area contributed by atoms with Crippen molar-refractivity contribution in [3.8, 4) is 0 Å². The van der Waals surface area contributed by atoms with Crippen LogP contribution in [0, 0.1) is 28.6 Å². The Balaban J connectivity index is 1.75. The summed E-state index contributed by atoms with van der Waals surface area (Å²) in [5.41, 5.74) is 0.852. The maximum atomic E-state index is 12.3. The van der Waals surface area contributed by atoms with E-state index in [2.05, 4.69) is 20.4 Å². The maximum Gasteiger partial charge on any atom is 0.161 e. The average molecular weight is 342 g/mol. The van der Waals surface area contributed by atoms with Crippen LogP contribution in [0.2, 0.25) is 0 Å². The quantitative estimate of drug-likeness (QED) is 0.783. The number of hydrogen-bond acceptors (Lipinski definition) is 3. The third kappa shape index (κ3) is 2.02. The van der Waals surface area contributed by atoms with Crippen molar-refractivity contribution in [2.45, 2.75) is 71.3 Å². The van der Waals surface area contributed by atoms with Crippen LogP contribution in [0.1, 0.15) is 65.7 Å². The Hall–Kier alpha value is -1.22. The van der Waals surface area contributed by atoms with Crippen LogP contribution < -0.4 is 0 Å². The molecule has 0 radical (unpaired) electrons. The molecule has 136 valence electrons. The van der Waals surface area contributed by atoms with Crippen molar-refractivity contribution >= 4 is 11.6 Å². The molecule has 3 fully saturated rings. The first-order valence-electron chi connectivity index (χ1n) is 9.80. The van der Waals surface area contributed by atoms with Gasteiger partial charge < -0.3 is 5.11 Å². The first kappa shape index (κ1) is 17.2. The highest BCUT2D eigenvalue weighted by atomic mass is 16.3. The topological polar surface area (TPSA) is 54.4 Å². The van der Waals surface area contributed by atoms with Gasteiger partial charge in [-0.25, -0.2) is 0 Å². The molecule has 0 saturated heterocycles. The van der Waals surface area contributed by atoms with Gasteiger partial charge in [0.2, 0.25) is 0 Å². The summed E-state index contributed by atoms with van der Waals surface area (Å²) in [6, 6.07) is 0. The molecule has 4 rings (SSSR count). The minimum atomic E-state index is -1.16. The summed E-state index contributed by atoms with van der Waals surface area (Å²) in [5.74, 6) is 1.54. The molecule has 0 spiro atoms. The zero-order valence-corrected chi connectivity index (χ0v) is 15.7. The number of rotatable bonds is 1. The summed E-state index contributed by atoms with van der Waals surface area (Å²) in [7, 11) is 0. The van der Waals surface area contributed by atoms with Gasteiger partial charge >= 0.3 is 0 Å². The van der Waals surface area contributed by atoms with Gasteiger partial charge in [0.05, 0.1) is 0 Å². The van der Waals surface area contributed by atoms with Crippen molar-refractivity contribution in [2.75, 3.05) is 0 Å². The molecule has 1 N–H and O–H groups in total. The standard InChI is InChI=1S/C22H30O3/c1-13-11-16-17(20(3)8-5-15(24)12-19(13)20)6-9-21(4)18(16)7-10-22(21,25)14(2)23/h12,16-18,25H,1,5-11H2,2-4H3/t16-,17+,18+,20-,21-,22+/m0/s1. The normalized spacial score (nSPS) is 49.1. The van der Waals surface area contributed by atoms with Gasteiger partial charge in [-0.15, -0.1) is 0 Å². The molecule has 0 heterocycles. The highest BCUT2D eigenvalue weighted by Crippen LogP contribution is 2.68. The Bertz CT molecular complexity index is 704. The highest BCUT2D eigenvalue weighted by Gasteiger charge is 2.65. The molecule has 3 heteroatoms. The summed E-state index contributed by atoms with van der Waals surface area (Å²) in [4.78, 5) is 24.2. The first-order chi connectivity index (χ1) is 11.6. The van der Waals surface area contributed by atoms with Crippen molar-refractivity contribution in [3.05, 3.63) is 23.8 Å². The molecule has 6 atom stereocenters. The molecule has 0 aromatic carbocycles. The highest BCUT2D eigenvalue weighted by molar-refractivity contribution is 5.92. The smallest absolute Gasteiger partial charge is 0.161 e. The molecular formula is C22H30O3. The number of hydrogen-bond donors (Lipinski definition) is 1. The summed E-state index contributed by atoms with van der Waals surface area (Å²) in [6.45, 7) is 10.3. The van der Waals surface area contributed by atoms with E-state index in [9.17, 15) is 14.7 Å². The van der Waals surface area contributed by atoms with Crippen LogP contribution in [-0.4, -0.2) is 22.3 Å². The van der Waals surface area contributed by atoms with E-state index in [0.29, 0.717) is 30.6 Å². The zero-order chi connectivity index (χ0) is 18.2. The van der Waals surface area contributed by atoms with E-state index in [0.717, 1.165) is 37.7 Å². The van der Waals surface area contributed by atoms with Crippen LogP contribution >= 0.6 is 0 Å². The maximum absolute atomic E-state index is 12.3. The Morgan fingerprint density at radius 1 is 1.20 bits per heavy atom. The van der Waals surface area contributed by atoms with E-state index in [1.165, 1.54) is 5.57 Å². The van der Waals surface area contributed by atoms with Crippen LogP contribution in [0.15, 0.2) is 23.8 Å². The minimum Gasteiger partial charge on any atom is -0.382 e. The monoisotopic (exact) mass is 342 g/mol. The van der Waals surface area contributed by atoms with Crippen LogP contribution in [-0.2, 0) is 9.59 Å². The van der Waals surface area contributed by atoms with E-state index in [1.807, 2.05) is 6.08 Å². The molecule has 0 aromatic rings. The van der Waals surface area contributed by atoms with E-state index >= 15 is 0 Å². The van der Waals surface area contributed by atoms with Crippen LogP contribution in [0.5, 0.6) is 0 Å². The Kier molecular flexibility index (Phi) is 3.55. The van der Waals surface area contributed by atoms with Crippen molar-refractivity contribution in [1.29, 1.82) is 0 Å². The predicted octanol–water partition coefficient (Wildman–Crippen LogP) is 4.00. The second-order valence-corrected chi connectivity index (χ2v) is 9.54. The number of allylic oxidation sites excluding steroid dienone is 2. The molecule has 0 bridgehead atoms. The van der Waals surface area contributed by atoms with E-state index in [4.69, 9.17) is 0 Å². The third-order valence-corrected chi connectivity index (χ3v) is 8.66.